The van der Waals surface area contributed by atoms with Crippen molar-refractivity contribution in [3.05, 3.63) is 42.4 Å². The molecule has 2 amide bonds. The molecule has 0 aliphatic carbocycles. The van der Waals surface area contributed by atoms with E-state index >= 15 is 0 Å². The smallest absolute Gasteiger partial charge is 0.272 e. The van der Waals surface area contributed by atoms with E-state index < -0.39 is 0 Å². The Morgan fingerprint density at radius 3 is 2.88 bits per heavy atom. The molecule has 0 saturated carbocycles. The number of likely N-dealkylation sites (tertiary alicyclic amines) is 2. The molecule has 0 spiro atoms. The van der Waals surface area contributed by atoms with E-state index in [9.17, 15) is 9.59 Å². The molecule has 1 aromatic heterocycles. The average molecular weight is 324 g/mol. The number of amides is 2. The number of piperidine rings is 1. The average Bonchev–Trinajstić information content (AvgIpc) is 3.20. The number of hydrogen-bond donors (Lipinski definition) is 1. The molecule has 124 valence electrons. The molecule has 0 bridgehead atoms. The number of fused-ring (bicyclic) bond motifs is 1. The van der Waals surface area contributed by atoms with Crippen molar-refractivity contribution in [3.8, 4) is 11.3 Å². The Hall–Kier alpha value is -2.63. The number of benzene rings is 1. The second kappa shape index (κ2) is 5.78. The molecule has 1 N–H and O–H groups in total. The number of nitrogens with one attached hydrogen (secondary N) is 1. The van der Waals surface area contributed by atoms with Crippen molar-refractivity contribution in [3.63, 3.8) is 0 Å². The minimum atomic E-state index is -0.0354. The second-order valence-electron chi connectivity index (χ2n) is 6.57. The van der Waals surface area contributed by atoms with Gasteiger partial charge in [-0.25, -0.2) is 4.98 Å². The van der Waals surface area contributed by atoms with E-state index in [4.69, 9.17) is 0 Å². The van der Waals surface area contributed by atoms with E-state index in [1.54, 1.807) is 6.33 Å². The summed E-state index contributed by atoms with van der Waals surface area (Å²) in [6.45, 7) is 1.30. The minimum Gasteiger partial charge on any atom is -0.342 e. The molecule has 6 heteroatoms. The number of hydrogen-bond acceptors (Lipinski definition) is 3. The molecule has 3 heterocycles. The monoisotopic (exact) mass is 324 g/mol. The molecular weight excluding hydrogens is 304 g/mol. The lowest BCUT2D eigenvalue weighted by Crippen LogP contribution is -2.47. The van der Waals surface area contributed by atoms with Crippen LogP contribution < -0.4 is 0 Å². The van der Waals surface area contributed by atoms with Crippen molar-refractivity contribution in [1.29, 1.82) is 0 Å². The lowest BCUT2D eigenvalue weighted by molar-refractivity contribution is -0.127. The second-order valence-corrected chi connectivity index (χ2v) is 6.57. The van der Waals surface area contributed by atoms with Crippen LogP contribution in [0.3, 0.4) is 0 Å². The zero-order valence-corrected chi connectivity index (χ0v) is 13.6. The maximum absolute atomic E-state index is 13.0. The lowest BCUT2D eigenvalue weighted by Gasteiger charge is -2.36. The van der Waals surface area contributed by atoms with Gasteiger partial charge < -0.3 is 14.8 Å². The topological polar surface area (TPSA) is 69.3 Å². The van der Waals surface area contributed by atoms with Gasteiger partial charge in [-0.15, -0.1) is 0 Å². The number of rotatable bonds is 2. The number of aromatic nitrogens is 2. The predicted octanol–water partition coefficient (Wildman–Crippen LogP) is 1.77. The maximum Gasteiger partial charge on any atom is 0.272 e. The van der Waals surface area contributed by atoms with E-state index in [0.29, 0.717) is 30.9 Å². The molecule has 1 aromatic carbocycles. The summed E-state index contributed by atoms with van der Waals surface area (Å²) in [4.78, 5) is 35.9. The summed E-state index contributed by atoms with van der Waals surface area (Å²) in [5, 5.41) is 0. The highest BCUT2D eigenvalue weighted by molar-refractivity contribution is 5.98. The van der Waals surface area contributed by atoms with Crippen LogP contribution >= 0.6 is 0 Å². The summed E-state index contributed by atoms with van der Waals surface area (Å²) in [5.41, 5.74) is 2.13. The van der Waals surface area contributed by atoms with Gasteiger partial charge in [0.25, 0.3) is 5.91 Å². The van der Waals surface area contributed by atoms with Gasteiger partial charge in [0, 0.05) is 44.1 Å². The van der Waals surface area contributed by atoms with Crippen molar-refractivity contribution >= 4 is 11.8 Å². The lowest BCUT2D eigenvalue weighted by atomic mass is 9.92. The largest absolute Gasteiger partial charge is 0.342 e. The molecule has 2 fully saturated rings. The maximum atomic E-state index is 13.0. The highest BCUT2D eigenvalue weighted by atomic mass is 16.2. The predicted molar refractivity (Wildman–Crippen MR) is 89.2 cm³/mol. The van der Waals surface area contributed by atoms with Crippen LogP contribution in [0.5, 0.6) is 0 Å². The van der Waals surface area contributed by atoms with E-state index in [2.05, 4.69) is 9.97 Å². The Balaban J connectivity index is 1.56. The number of carbonyl (C=O) groups excluding carboxylic acids is 2. The quantitative estimate of drug-likeness (QED) is 0.915. The Labute approximate surface area is 140 Å². The van der Waals surface area contributed by atoms with Crippen LogP contribution in [0.15, 0.2) is 36.7 Å². The molecule has 2 aliphatic rings. The van der Waals surface area contributed by atoms with Crippen molar-refractivity contribution in [2.45, 2.75) is 18.9 Å². The Kier molecular flexibility index (Phi) is 3.59. The number of imidazole rings is 1. The number of aromatic amines is 1. The minimum absolute atomic E-state index is 0.0354. The molecule has 2 atom stereocenters. The first kappa shape index (κ1) is 14.9. The van der Waals surface area contributed by atoms with Gasteiger partial charge >= 0.3 is 0 Å². The summed E-state index contributed by atoms with van der Waals surface area (Å²) >= 11 is 0. The highest BCUT2D eigenvalue weighted by Gasteiger charge is 2.42. The highest BCUT2D eigenvalue weighted by Crippen LogP contribution is 2.32. The van der Waals surface area contributed by atoms with Crippen LogP contribution in [-0.2, 0) is 4.79 Å². The van der Waals surface area contributed by atoms with E-state index in [0.717, 1.165) is 12.0 Å². The van der Waals surface area contributed by atoms with Gasteiger partial charge in [0.05, 0.1) is 6.33 Å². The first-order chi connectivity index (χ1) is 11.6. The van der Waals surface area contributed by atoms with Crippen molar-refractivity contribution < 1.29 is 9.59 Å². The summed E-state index contributed by atoms with van der Waals surface area (Å²) < 4.78 is 0. The first-order valence-corrected chi connectivity index (χ1v) is 8.29. The van der Waals surface area contributed by atoms with Gasteiger partial charge in [-0.3, -0.25) is 9.59 Å². The third-order valence-corrected chi connectivity index (χ3v) is 5.21. The number of nitrogens with zero attached hydrogens (tertiary/aromatic N) is 3. The fourth-order valence-corrected chi connectivity index (χ4v) is 3.90. The van der Waals surface area contributed by atoms with Gasteiger partial charge in [0.15, 0.2) is 0 Å². The molecule has 0 radical (unpaired) electrons. The first-order valence-electron chi connectivity index (χ1n) is 8.29. The van der Waals surface area contributed by atoms with Crippen LogP contribution in [0, 0.1) is 5.92 Å². The molecule has 4 rings (SSSR count). The van der Waals surface area contributed by atoms with Crippen LogP contribution in [0.1, 0.15) is 23.3 Å². The standard InChI is InChI=1S/C18H20N4O2/c1-21-14-7-8-22(10-13(14)9-15(21)23)18(24)17-16(19-11-20-17)12-5-3-2-4-6-12/h2-6,11,13-14H,7-10H2,1H3,(H,19,20)/t13-,14+/m1/s1. The molecule has 2 saturated heterocycles. The molecule has 2 aromatic rings. The van der Waals surface area contributed by atoms with Crippen LogP contribution in [-0.4, -0.2) is 57.8 Å². The van der Waals surface area contributed by atoms with E-state index in [-0.39, 0.29) is 23.8 Å². The summed E-state index contributed by atoms with van der Waals surface area (Å²) in [6.07, 6.45) is 2.95. The summed E-state index contributed by atoms with van der Waals surface area (Å²) in [7, 11) is 1.87. The summed E-state index contributed by atoms with van der Waals surface area (Å²) in [6, 6.07) is 9.98. The fourth-order valence-electron chi connectivity index (χ4n) is 3.90. The number of carbonyl (C=O) groups is 2. The van der Waals surface area contributed by atoms with E-state index in [1.807, 2.05) is 47.2 Å². The fraction of sp³-hybridized carbons (Fsp3) is 0.389. The Bertz CT molecular complexity index is 770. The van der Waals surface area contributed by atoms with Crippen LogP contribution in [0.2, 0.25) is 0 Å². The number of H-pyrrole nitrogens is 1. The third kappa shape index (κ3) is 2.38. The molecule has 24 heavy (non-hydrogen) atoms. The van der Waals surface area contributed by atoms with Crippen molar-refractivity contribution in [2.24, 2.45) is 5.92 Å². The van der Waals surface area contributed by atoms with Gasteiger partial charge in [0.1, 0.15) is 11.4 Å². The van der Waals surface area contributed by atoms with Crippen molar-refractivity contribution in [2.75, 3.05) is 20.1 Å². The third-order valence-electron chi connectivity index (χ3n) is 5.21. The summed E-state index contributed by atoms with van der Waals surface area (Å²) in [5.74, 6) is 0.390. The van der Waals surface area contributed by atoms with Gasteiger partial charge in [-0.1, -0.05) is 30.3 Å². The Morgan fingerprint density at radius 1 is 1.29 bits per heavy atom. The SMILES string of the molecule is CN1C(=O)C[C@@H]2CN(C(=O)c3[nH]cnc3-c3ccccc3)CC[C@@H]21. The molecule has 6 nitrogen and oxygen atoms in total. The van der Waals surface area contributed by atoms with Crippen LogP contribution in [0.4, 0.5) is 0 Å². The van der Waals surface area contributed by atoms with Gasteiger partial charge in [-0.2, -0.15) is 0 Å². The Morgan fingerprint density at radius 2 is 2.08 bits per heavy atom. The molecule has 2 aliphatic heterocycles. The zero-order valence-electron chi connectivity index (χ0n) is 13.6. The molecule has 0 unspecified atom stereocenters. The van der Waals surface area contributed by atoms with E-state index in [1.165, 1.54) is 0 Å². The van der Waals surface area contributed by atoms with Crippen molar-refractivity contribution in [1.82, 2.24) is 19.8 Å². The van der Waals surface area contributed by atoms with Gasteiger partial charge in [0.2, 0.25) is 5.91 Å². The molecular formula is C18H20N4O2. The van der Waals surface area contributed by atoms with Crippen LogP contribution in [0.25, 0.3) is 11.3 Å². The zero-order chi connectivity index (χ0) is 16.7. The normalized spacial score (nSPS) is 23.5. The van der Waals surface area contributed by atoms with Gasteiger partial charge in [-0.05, 0) is 6.42 Å².